The van der Waals surface area contributed by atoms with Gasteiger partial charge in [-0.2, -0.15) is 0 Å². The normalized spacial score (nSPS) is 10.5. The summed E-state index contributed by atoms with van der Waals surface area (Å²) in [6.07, 6.45) is 3.24. The molecule has 0 radical (unpaired) electrons. The minimum atomic E-state index is -0.612. The van der Waals surface area contributed by atoms with Crippen molar-refractivity contribution >= 4 is 29.5 Å². The van der Waals surface area contributed by atoms with Crippen LogP contribution < -0.4 is 14.8 Å². The van der Waals surface area contributed by atoms with Crippen LogP contribution in [0.15, 0.2) is 48.5 Å². The Morgan fingerprint density at radius 3 is 2.68 bits per heavy atom. The van der Waals surface area contributed by atoms with Gasteiger partial charge in [0.1, 0.15) is 0 Å². The molecule has 114 valence electrons. The molecule has 0 bridgehead atoms. The number of carbonyl (C=O) groups is 1. The Bertz CT molecular complexity index is 698. The fourth-order valence-corrected chi connectivity index (χ4v) is 2.06. The minimum absolute atomic E-state index is 0.343. The molecule has 0 saturated heterocycles. The van der Waals surface area contributed by atoms with Gasteiger partial charge >= 0.3 is 6.09 Å². The highest BCUT2D eigenvalue weighted by atomic mass is 35.5. The maximum atomic E-state index is 11.9. The van der Waals surface area contributed by atoms with Crippen molar-refractivity contribution in [1.82, 2.24) is 0 Å². The number of carbonyl (C=O) groups excluding carboxylic acids is 1. The number of hydrogen-bond donors (Lipinski definition) is 1. The molecule has 4 nitrogen and oxygen atoms in total. The van der Waals surface area contributed by atoms with E-state index < -0.39 is 6.09 Å². The van der Waals surface area contributed by atoms with E-state index in [9.17, 15) is 4.79 Å². The van der Waals surface area contributed by atoms with E-state index in [0.29, 0.717) is 22.2 Å². The number of methoxy groups -OCH3 is 1. The third-order valence-corrected chi connectivity index (χ3v) is 3.06. The van der Waals surface area contributed by atoms with Crippen LogP contribution in [0.3, 0.4) is 0 Å². The average Bonchev–Trinajstić information content (AvgIpc) is 2.49. The zero-order valence-corrected chi connectivity index (χ0v) is 13.1. The molecular formula is C17H16ClNO3. The SMILES string of the molecule is CC=Cc1ccc(OC(=O)Nc2cccc(Cl)c2)c(OC)c1. The van der Waals surface area contributed by atoms with E-state index in [1.807, 2.05) is 25.1 Å². The summed E-state index contributed by atoms with van der Waals surface area (Å²) in [6.45, 7) is 1.93. The van der Waals surface area contributed by atoms with Crippen molar-refractivity contribution in [3.05, 3.63) is 59.1 Å². The van der Waals surface area contributed by atoms with Crippen molar-refractivity contribution in [3.63, 3.8) is 0 Å². The Morgan fingerprint density at radius 2 is 2.00 bits per heavy atom. The predicted octanol–water partition coefficient (Wildman–Crippen LogP) is 4.99. The van der Waals surface area contributed by atoms with Crippen LogP contribution in [-0.4, -0.2) is 13.2 Å². The lowest BCUT2D eigenvalue weighted by molar-refractivity contribution is 0.213. The van der Waals surface area contributed by atoms with Gasteiger partial charge < -0.3 is 9.47 Å². The number of anilines is 1. The molecule has 0 heterocycles. The number of benzene rings is 2. The summed E-state index contributed by atoms with van der Waals surface area (Å²) >= 11 is 5.86. The molecule has 0 aliphatic rings. The molecule has 0 aromatic heterocycles. The molecule has 2 rings (SSSR count). The molecular weight excluding hydrogens is 302 g/mol. The number of nitrogens with one attached hydrogen (secondary N) is 1. The van der Waals surface area contributed by atoms with Crippen LogP contribution in [0, 0.1) is 0 Å². The van der Waals surface area contributed by atoms with Gasteiger partial charge in [0.2, 0.25) is 0 Å². The smallest absolute Gasteiger partial charge is 0.417 e. The van der Waals surface area contributed by atoms with Gasteiger partial charge in [0.05, 0.1) is 7.11 Å². The highest BCUT2D eigenvalue weighted by Gasteiger charge is 2.10. The van der Waals surface area contributed by atoms with Crippen LogP contribution in [0.5, 0.6) is 11.5 Å². The van der Waals surface area contributed by atoms with E-state index >= 15 is 0 Å². The summed E-state index contributed by atoms with van der Waals surface area (Å²) in [5.74, 6) is 0.826. The van der Waals surface area contributed by atoms with Gasteiger partial charge in [-0.1, -0.05) is 35.9 Å². The lowest BCUT2D eigenvalue weighted by atomic mass is 10.2. The molecule has 1 amide bonds. The van der Waals surface area contributed by atoms with Crippen LogP contribution in [0.2, 0.25) is 5.02 Å². The summed E-state index contributed by atoms with van der Waals surface area (Å²) in [5.41, 5.74) is 1.52. The number of amides is 1. The van der Waals surface area contributed by atoms with Crippen molar-refractivity contribution in [2.24, 2.45) is 0 Å². The highest BCUT2D eigenvalue weighted by Crippen LogP contribution is 2.29. The molecule has 22 heavy (non-hydrogen) atoms. The lowest BCUT2D eigenvalue weighted by Gasteiger charge is -2.11. The summed E-state index contributed by atoms with van der Waals surface area (Å²) in [4.78, 5) is 11.9. The summed E-state index contributed by atoms with van der Waals surface area (Å²) in [6, 6.07) is 12.1. The number of ether oxygens (including phenoxy) is 2. The first-order valence-electron chi connectivity index (χ1n) is 6.67. The monoisotopic (exact) mass is 317 g/mol. The molecule has 0 unspecified atom stereocenters. The molecule has 2 aromatic rings. The fraction of sp³-hybridized carbons (Fsp3) is 0.118. The van der Waals surface area contributed by atoms with Crippen molar-refractivity contribution in [1.29, 1.82) is 0 Å². The van der Waals surface area contributed by atoms with Crippen molar-refractivity contribution in [2.75, 3.05) is 12.4 Å². The van der Waals surface area contributed by atoms with E-state index in [1.165, 1.54) is 7.11 Å². The first-order chi connectivity index (χ1) is 10.6. The Balaban J connectivity index is 2.11. The van der Waals surface area contributed by atoms with E-state index in [2.05, 4.69) is 5.32 Å². The first kappa shape index (κ1) is 15.9. The standard InChI is InChI=1S/C17H16ClNO3/c1-3-5-12-8-9-15(16(10-12)21-2)22-17(20)19-14-7-4-6-13(18)11-14/h3-11H,1-2H3,(H,19,20). The van der Waals surface area contributed by atoms with Gasteiger partial charge in [-0.15, -0.1) is 0 Å². The van der Waals surface area contributed by atoms with E-state index in [-0.39, 0.29) is 0 Å². The van der Waals surface area contributed by atoms with Gasteiger partial charge in [0.25, 0.3) is 0 Å². The van der Waals surface area contributed by atoms with Crippen molar-refractivity contribution < 1.29 is 14.3 Å². The van der Waals surface area contributed by atoms with E-state index in [4.69, 9.17) is 21.1 Å². The Labute approximate surface area is 134 Å². The molecule has 1 N–H and O–H groups in total. The highest BCUT2D eigenvalue weighted by molar-refractivity contribution is 6.30. The predicted molar refractivity (Wildman–Crippen MR) is 88.8 cm³/mol. The van der Waals surface area contributed by atoms with Gasteiger partial charge in [-0.3, -0.25) is 5.32 Å². The number of rotatable bonds is 4. The van der Waals surface area contributed by atoms with Crippen LogP contribution in [0.4, 0.5) is 10.5 Å². The maximum Gasteiger partial charge on any atom is 0.417 e. The molecule has 0 saturated carbocycles. The second-order valence-corrected chi connectivity index (χ2v) is 4.87. The fourth-order valence-electron chi connectivity index (χ4n) is 1.87. The zero-order chi connectivity index (χ0) is 15.9. The molecule has 0 spiro atoms. The van der Waals surface area contributed by atoms with Crippen LogP contribution in [-0.2, 0) is 0 Å². The van der Waals surface area contributed by atoms with Crippen LogP contribution >= 0.6 is 11.6 Å². The first-order valence-corrected chi connectivity index (χ1v) is 7.05. The minimum Gasteiger partial charge on any atom is -0.493 e. The third kappa shape index (κ3) is 4.27. The molecule has 0 aliphatic carbocycles. The second kappa shape index (κ2) is 7.52. The molecule has 0 aliphatic heterocycles. The molecule has 0 atom stereocenters. The third-order valence-electron chi connectivity index (χ3n) is 2.82. The lowest BCUT2D eigenvalue weighted by Crippen LogP contribution is -2.17. The maximum absolute atomic E-state index is 11.9. The van der Waals surface area contributed by atoms with Crippen LogP contribution in [0.1, 0.15) is 12.5 Å². The Morgan fingerprint density at radius 1 is 1.18 bits per heavy atom. The van der Waals surface area contributed by atoms with Gasteiger partial charge in [-0.05, 0) is 42.8 Å². The van der Waals surface area contributed by atoms with Crippen molar-refractivity contribution in [3.8, 4) is 11.5 Å². The van der Waals surface area contributed by atoms with Gasteiger partial charge in [-0.25, -0.2) is 4.79 Å². The summed E-state index contributed by atoms with van der Waals surface area (Å²) in [5, 5.41) is 3.14. The van der Waals surface area contributed by atoms with E-state index in [0.717, 1.165) is 5.56 Å². The molecule has 2 aromatic carbocycles. The number of halogens is 1. The van der Waals surface area contributed by atoms with Gasteiger partial charge in [0.15, 0.2) is 11.5 Å². The quantitative estimate of drug-likeness (QED) is 0.864. The topological polar surface area (TPSA) is 47.6 Å². The van der Waals surface area contributed by atoms with Crippen molar-refractivity contribution in [2.45, 2.75) is 6.92 Å². The summed E-state index contributed by atoms with van der Waals surface area (Å²) < 4.78 is 10.5. The largest absolute Gasteiger partial charge is 0.493 e. The Kier molecular flexibility index (Phi) is 5.44. The second-order valence-electron chi connectivity index (χ2n) is 4.44. The van der Waals surface area contributed by atoms with Gasteiger partial charge in [0, 0.05) is 10.7 Å². The average molecular weight is 318 g/mol. The van der Waals surface area contributed by atoms with E-state index in [1.54, 1.807) is 36.4 Å². The Hall–Kier alpha value is -2.46. The number of hydrogen-bond acceptors (Lipinski definition) is 3. The summed E-state index contributed by atoms with van der Waals surface area (Å²) in [7, 11) is 1.52. The molecule has 0 fully saturated rings. The van der Waals surface area contributed by atoms with Crippen LogP contribution in [0.25, 0.3) is 6.08 Å². The molecule has 5 heteroatoms. The number of allylic oxidation sites excluding steroid dienone is 1. The zero-order valence-electron chi connectivity index (χ0n) is 12.3.